The van der Waals surface area contributed by atoms with Crippen LogP contribution in [0.15, 0.2) is 54.6 Å². The standard InChI is InChI=1S/C23H25NO2/c25-22-18-10-6-11-19(22)15-20(14-18)23(26)24-21-12-5-4-9-17(21)13-16-7-2-1-3-8-16/h1-5,7-9,12,18-20H,6,10-11,13-15H2,(H,24,26)/t18-,19-/m0/s1. The van der Waals surface area contributed by atoms with Gasteiger partial charge in [-0.05, 0) is 49.3 Å². The van der Waals surface area contributed by atoms with Gasteiger partial charge in [0.25, 0.3) is 0 Å². The summed E-state index contributed by atoms with van der Waals surface area (Å²) in [4.78, 5) is 25.1. The van der Waals surface area contributed by atoms with Crippen LogP contribution in [0.25, 0.3) is 0 Å². The first-order valence-corrected chi connectivity index (χ1v) is 9.67. The summed E-state index contributed by atoms with van der Waals surface area (Å²) in [5.41, 5.74) is 3.24. The van der Waals surface area contributed by atoms with Crippen molar-refractivity contribution in [2.24, 2.45) is 17.8 Å². The van der Waals surface area contributed by atoms with E-state index in [4.69, 9.17) is 0 Å². The first kappa shape index (κ1) is 17.0. The zero-order chi connectivity index (χ0) is 17.9. The molecule has 2 bridgehead atoms. The molecule has 2 aliphatic carbocycles. The van der Waals surface area contributed by atoms with Crippen molar-refractivity contribution < 1.29 is 9.59 Å². The molecule has 0 aliphatic heterocycles. The van der Waals surface area contributed by atoms with E-state index in [1.54, 1.807) is 0 Å². The van der Waals surface area contributed by atoms with Crippen molar-refractivity contribution in [2.45, 2.75) is 38.5 Å². The predicted molar refractivity (Wildman–Crippen MR) is 103 cm³/mol. The van der Waals surface area contributed by atoms with Crippen LogP contribution in [0.4, 0.5) is 5.69 Å². The minimum absolute atomic E-state index is 0.0345. The maximum absolute atomic E-state index is 12.9. The summed E-state index contributed by atoms with van der Waals surface area (Å²) in [5.74, 6) is 0.670. The molecule has 0 radical (unpaired) electrons. The van der Waals surface area contributed by atoms with E-state index >= 15 is 0 Å². The third-order valence-electron chi connectivity index (χ3n) is 5.93. The van der Waals surface area contributed by atoms with E-state index in [0.717, 1.165) is 49.8 Å². The first-order chi connectivity index (χ1) is 12.7. The second-order valence-electron chi connectivity index (χ2n) is 7.70. The number of para-hydroxylation sites is 1. The Morgan fingerprint density at radius 3 is 2.31 bits per heavy atom. The van der Waals surface area contributed by atoms with Gasteiger partial charge in [0, 0.05) is 23.4 Å². The second-order valence-corrected chi connectivity index (χ2v) is 7.70. The van der Waals surface area contributed by atoms with Gasteiger partial charge in [-0.15, -0.1) is 0 Å². The fourth-order valence-corrected chi connectivity index (χ4v) is 4.54. The van der Waals surface area contributed by atoms with Gasteiger partial charge in [-0.2, -0.15) is 0 Å². The first-order valence-electron chi connectivity index (χ1n) is 9.67. The van der Waals surface area contributed by atoms with E-state index in [2.05, 4.69) is 23.5 Å². The fourth-order valence-electron chi connectivity index (χ4n) is 4.54. The molecular formula is C23H25NO2. The lowest BCUT2D eigenvalue weighted by atomic mass is 9.67. The minimum atomic E-state index is -0.0345. The zero-order valence-electron chi connectivity index (χ0n) is 15.0. The lowest BCUT2D eigenvalue weighted by molar-refractivity contribution is -0.136. The molecule has 26 heavy (non-hydrogen) atoms. The Balaban J connectivity index is 1.47. The number of nitrogens with one attached hydrogen (secondary N) is 1. The van der Waals surface area contributed by atoms with Crippen molar-refractivity contribution in [1.82, 2.24) is 0 Å². The Morgan fingerprint density at radius 2 is 1.58 bits per heavy atom. The number of anilines is 1. The molecule has 0 saturated heterocycles. The van der Waals surface area contributed by atoms with Gasteiger partial charge >= 0.3 is 0 Å². The molecule has 0 unspecified atom stereocenters. The molecule has 2 aliphatic rings. The summed E-state index contributed by atoms with van der Waals surface area (Å²) in [6.45, 7) is 0. The Bertz CT molecular complexity index is 783. The Labute approximate surface area is 154 Å². The number of carbonyl (C=O) groups excluding carboxylic acids is 2. The summed E-state index contributed by atoms with van der Waals surface area (Å²) in [6, 6.07) is 18.3. The van der Waals surface area contributed by atoms with Crippen LogP contribution in [0.3, 0.4) is 0 Å². The maximum atomic E-state index is 12.9. The molecule has 2 atom stereocenters. The molecule has 3 nitrogen and oxygen atoms in total. The number of hydrogen-bond donors (Lipinski definition) is 1. The second kappa shape index (κ2) is 7.45. The number of benzene rings is 2. The molecule has 1 amide bonds. The van der Waals surface area contributed by atoms with Crippen molar-refractivity contribution in [3.8, 4) is 0 Å². The van der Waals surface area contributed by atoms with Gasteiger partial charge in [0.05, 0.1) is 0 Å². The predicted octanol–water partition coefficient (Wildman–Crippen LogP) is 4.61. The van der Waals surface area contributed by atoms with Crippen molar-refractivity contribution in [2.75, 3.05) is 5.32 Å². The van der Waals surface area contributed by atoms with E-state index in [0.29, 0.717) is 5.78 Å². The molecule has 0 heterocycles. The topological polar surface area (TPSA) is 46.2 Å². The van der Waals surface area contributed by atoms with Crippen molar-refractivity contribution >= 4 is 17.4 Å². The van der Waals surface area contributed by atoms with Crippen LogP contribution in [0.2, 0.25) is 0 Å². The van der Waals surface area contributed by atoms with E-state index in [1.807, 2.05) is 36.4 Å². The highest BCUT2D eigenvalue weighted by molar-refractivity contribution is 5.95. The van der Waals surface area contributed by atoms with Gasteiger partial charge < -0.3 is 5.32 Å². The molecule has 2 saturated carbocycles. The van der Waals surface area contributed by atoms with Crippen LogP contribution in [0.1, 0.15) is 43.2 Å². The third-order valence-corrected chi connectivity index (χ3v) is 5.93. The van der Waals surface area contributed by atoms with Crippen LogP contribution in [-0.2, 0) is 16.0 Å². The highest BCUT2D eigenvalue weighted by Crippen LogP contribution is 2.40. The largest absolute Gasteiger partial charge is 0.326 e. The molecule has 2 aromatic carbocycles. The van der Waals surface area contributed by atoms with Crippen LogP contribution in [0.5, 0.6) is 0 Å². The highest BCUT2D eigenvalue weighted by atomic mass is 16.2. The van der Waals surface area contributed by atoms with E-state index < -0.39 is 0 Å². The Hall–Kier alpha value is -2.42. The lowest BCUT2D eigenvalue weighted by Crippen LogP contribution is -2.40. The average molecular weight is 347 g/mol. The van der Waals surface area contributed by atoms with Crippen LogP contribution in [-0.4, -0.2) is 11.7 Å². The average Bonchev–Trinajstić information content (AvgIpc) is 2.64. The van der Waals surface area contributed by atoms with Crippen molar-refractivity contribution in [3.63, 3.8) is 0 Å². The maximum Gasteiger partial charge on any atom is 0.227 e. The highest BCUT2D eigenvalue weighted by Gasteiger charge is 2.41. The number of amides is 1. The number of rotatable bonds is 4. The number of Topliss-reactive ketones (excluding diaryl/α,β-unsaturated/α-hetero) is 1. The van der Waals surface area contributed by atoms with Gasteiger partial charge in [-0.25, -0.2) is 0 Å². The third kappa shape index (κ3) is 3.57. The van der Waals surface area contributed by atoms with Crippen LogP contribution in [0, 0.1) is 17.8 Å². The molecule has 3 heteroatoms. The SMILES string of the molecule is O=C(Nc1ccccc1Cc1ccccc1)C1C[C@@H]2CCC[C@@H](C1)C2=O. The van der Waals surface area contributed by atoms with Crippen LogP contribution >= 0.6 is 0 Å². The van der Waals surface area contributed by atoms with E-state index in [1.165, 1.54) is 5.56 Å². The normalized spacial score (nSPS) is 24.9. The Morgan fingerprint density at radius 1 is 0.923 bits per heavy atom. The van der Waals surface area contributed by atoms with Gasteiger partial charge in [-0.3, -0.25) is 9.59 Å². The smallest absolute Gasteiger partial charge is 0.227 e. The van der Waals surface area contributed by atoms with E-state index in [9.17, 15) is 9.59 Å². The summed E-state index contributed by atoms with van der Waals surface area (Å²) in [7, 11) is 0. The fraction of sp³-hybridized carbons (Fsp3) is 0.391. The summed E-state index contributed by atoms with van der Waals surface area (Å²) < 4.78 is 0. The monoisotopic (exact) mass is 347 g/mol. The van der Waals surface area contributed by atoms with Gasteiger partial charge in [-0.1, -0.05) is 55.0 Å². The molecule has 134 valence electrons. The number of ketones is 1. The van der Waals surface area contributed by atoms with Gasteiger partial charge in [0.15, 0.2) is 0 Å². The van der Waals surface area contributed by atoms with Crippen LogP contribution < -0.4 is 5.32 Å². The zero-order valence-corrected chi connectivity index (χ0v) is 15.0. The number of fused-ring (bicyclic) bond motifs is 2. The summed E-state index contributed by atoms with van der Waals surface area (Å²) in [5, 5.41) is 3.15. The molecule has 2 aromatic rings. The molecule has 4 rings (SSSR count). The lowest BCUT2D eigenvalue weighted by Gasteiger charge is -2.37. The quantitative estimate of drug-likeness (QED) is 0.878. The molecule has 1 N–H and O–H groups in total. The molecule has 0 aromatic heterocycles. The molecule has 0 spiro atoms. The molecule has 2 fully saturated rings. The molecular weight excluding hydrogens is 322 g/mol. The van der Waals surface area contributed by atoms with Crippen molar-refractivity contribution in [1.29, 1.82) is 0 Å². The Kier molecular flexibility index (Phi) is 4.87. The summed E-state index contributed by atoms with van der Waals surface area (Å²) >= 11 is 0. The van der Waals surface area contributed by atoms with Gasteiger partial charge in [0.2, 0.25) is 5.91 Å². The van der Waals surface area contributed by atoms with Gasteiger partial charge in [0.1, 0.15) is 5.78 Å². The number of hydrogen-bond acceptors (Lipinski definition) is 2. The van der Waals surface area contributed by atoms with Crippen molar-refractivity contribution in [3.05, 3.63) is 65.7 Å². The number of carbonyl (C=O) groups is 2. The van der Waals surface area contributed by atoms with E-state index in [-0.39, 0.29) is 23.7 Å². The summed E-state index contributed by atoms with van der Waals surface area (Å²) in [6.07, 6.45) is 5.30. The minimum Gasteiger partial charge on any atom is -0.326 e.